The zero-order valence-electron chi connectivity index (χ0n) is 8.48. The van der Waals surface area contributed by atoms with Crippen molar-refractivity contribution in [3.63, 3.8) is 0 Å². The van der Waals surface area contributed by atoms with Crippen molar-refractivity contribution in [3.8, 4) is 6.07 Å². The second-order valence-electron chi connectivity index (χ2n) is 3.84. The average molecular weight is 202 g/mol. The van der Waals surface area contributed by atoms with Crippen molar-refractivity contribution in [2.45, 2.75) is 18.9 Å². The number of nitriles is 1. The van der Waals surface area contributed by atoms with Crippen LogP contribution in [-0.4, -0.2) is 17.6 Å². The molecule has 15 heavy (non-hydrogen) atoms. The van der Waals surface area contributed by atoms with E-state index < -0.39 is 0 Å². The minimum absolute atomic E-state index is 0.298. The molecular formula is C11H14N4. The first-order chi connectivity index (χ1) is 7.33. The first-order valence-corrected chi connectivity index (χ1v) is 5.17. The van der Waals surface area contributed by atoms with Gasteiger partial charge >= 0.3 is 0 Å². The van der Waals surface area contributed by atoms with Crippen molar-refractivity contribution < 1.29 is 0 Å². The van der Waals surface area contributed by atoms with E-state index in [1.165, 1.54) is 12.8 Å². The number of nitrogens with zero attached hydrogens (tertiary/aromatic N) is 2. The monoisotopic (exact) mass is 202 g/mol. The predicted molar refractivity (Wildman–Crippen MR) is 58.1 cm³/mol. The van der Waals surface area contributed by atoms with Crippen molar-refractivity contribution >= 4 is 5.82 Å². The molecule has 0 aromatic carbocycles. The van der Waals surface area contributed by atoms with E-state index in [9.17, 15) is 0 Å². The molecule has 1 atom stereocenters. The number of hydrogen-bond acceptors (Lipinski definition) is 4. The third kappa shape index (κ3) is 2.45. The average Bonchev–Trinajstić information content (AvgIpc) is 3.10. The molecule has 1 aliphatic rings. The normalized spacial score (nSPS) is 16.8. The number of rotatable bonds is 4. The molecule has 2 rings (SSSR count). The van der Waals surface area contributed by atoms with Crippen LogP contribution in [0.5, 0.6) is 0 Å². The summed E-state index contributed by atoms with van der Waals surface area (Å²) in [6, 6.07) is 7.71. The van der Waals surface area contributed by atoms with Crippen LogP contribution in [0.15, 0.2) is 18.2 Å². The predicted octanol–water partition coefficient (Wildman–Crippen LogP) is 1.10. The molecule has 1 aromatic heterocycles. The minimum atomic E-state index is 0.298. The van der Waals surface area contributed by atoms with Crippen LogP contribution in [0.2, 0.25) is 0 Å². The fourth-order valence-corrected chi connectivity index (χ4v) is 1.64. The summed E-state index contributed by atoms with van der Waals surface area (Å²) in [6.07, 6.45) is 2.49. The number of nitrogens with two attached hydrogens (primary N) is 1. The second-order valence-corrected chi connectivity index (χ2v) is 3.84. The van der Waals surface area contributed by atoms with Crippen molar-refractivity contribution in [3.05, 3.63) is 23.9 Å². The van der Waals surface area contributed by atoms with Crippen molar-refractivity contribution in [2.75, 3.05) is 11.9 Å². The summed E-state index contributed by atoms with van der Waals surface area (Å²) in [7, 11) is 0. The highest BCUT2D eigenvalue weighted by Gasteiger charge is 2.30. The summed E-state index contributed by atoms with van der Waals surface area (Å²) in [5.74, 6) is 1.43. The van der Waals surface area contributed by atoms with Gasteiger partial charge in [-0.25, -0.2) is 4.98 Å². The molecule has 1 saturated carbocycles. The smallest absolute Gasteiger partial charge is 0.142 e. The molecule has 3 N–H and O–H groups in total. The Balaban J connectivity index is 2.05. The molecule has 0 bridgehead atoms. The highest BCUT2D eigenvalue weighted by molar-refractivity contribution is 5.39. The van der Waals surface area contributed by atoms with E-state index in [4.69, 9.17) is 11.0 Å². The topological polar surface area (TPSA) is 74.7 Å². The Morgan fingerprint density at radius 1 is 1.60 bits per heavy atom. The van der Waals surface area contributed by atoms with Gasteiger partial charge in [-0.3, -0.25) is 0 Å². The minimum Gasteiger partial charge on any atom is -0.366 e. The SMILES string of the molecule is N#Cc1cccc(NC(CN)C2CC2)n1. The number of anilines is 1. The van der Waals surface area contributed by atoms with Crippen LogP contribution in [0.3, 0.4) is 0 Å². The van der Waals surface area contributed by atoms with Crippen LogP contribution in [0.25, 0.3) is 0 Å². The first kappa shape index (κ1) is 9.94. The van der Waals surface area contributed by atoms with E-state index in [-0.39, 0.29) is 0 Å². The van der Waals surface area contributed by atoms with E-state index in [1.54, 1.807) is 6.07 Å². The second kappa shape index (κ2) is 4.28. The van der Waals surface area contributed by atoms with Gasteiger partial charge in [0.2, 0.25) is 0 Å². The van der Waals surface area contributed by atoms with Gasteiger partial charge < -0.3 is 11.1 Å². The van der Waals surface area contributed by atoms with Gasteiger partial charge in [-0.15, -0.1) is 0 Å². The molecule has 0 saturated heterocycles. The van der Waals surface area contributed by atoms with Gasteiger partial charge in [-0.05, 0) is 30.9 Å². The highest BCUT2D eigenvalue weighted by atomic mass is 15.0. The molecular weight excluding hydrogens is 188 g/mol. The van der Waals surface area contributed by atoms with Crippen molar-refractivity contribution in [1.82, 2.24) is 4.98 Å². The lowest BCUT2D eigenvalue weighted by Gasteiger charge is -2.16. The Bertz CT molecular complexity index is 378. The Morgan fingerprint density at radius 3 is 3.00 bits per heavy atom. The summed E-state index contributed by atoms with van der Waals surface area (Å²) in [6.45, 7) is 0.614. The summed E-state index contributed by atoms with van der Waals surface area (Å²) in [5, 5.41) is 12.0. The molecule has 0 aliphatic heterocycles. The first-order valence-electron chi connectivity index (χ1n) is 5.17. The van der Waals surface area contributed by atoms with Crippen LogP contribution >= 0.6 is 0 Å². The summed E-state index contributed by atoms with van der Waals surface area (Å²) in [4.78, 5) is 4.16. The standard InChI is InChI=1S/C11H14N4/c12-6-9-2-1-3-11(14-9)15-10(7-13)8-4-5-8/h1-3,8,10H,4-5,7,13H2,(H,14,15). The molecule has 4 nitrogen and oxygen atoms in total. The van der Waals surface area contributed by atoms with Crippen LogP contribution in [0, 0.1) is 17.2 Å². The van der Waals surface area contributed by atoms with Gasteiger partial charge in [-0.1, -0.05) is 6.07 Å². The van der Waals surface area contributed by atoms with E-state index in [0.29, 0.717) is 24.2 Å². The molecule has 1 aromatic rings. The third-order valence-electron chi connectivity index (χ3n) is 2.64. The molecule has 0 spiro atoms. The van der Waals surface area contributed by atoms with Crippen LogP contribution in [0.1, 0.15) is 18.5 Å². The summed E-state index contributed by atoms with van der Waals surface area (Å²) < 4.78 is 0. The van der Waals surface area contributed by atoms with E-state index in [2.05, 4.69) is 10.3 Å². The lowest BCUT2D eigenvalue weighted by Crippen LogP contribution is -2.31. The molecule has 78 valence electrons. The largest absolute Gasteiger partial charge is 0.366 e. The summed E-state index contributed by atoms with van der Waals surface area (Å²) >= 11 is 0. The quantitative estimate of drug-likeness (QED) is 0.766. The van der Waals surface area contributed by atoms with Crippen molar-refractivity contribution in [1.29, 1.82) is 5.26 Å². The molecule has 0 radical (unpaired) electrons. The van der Waals surface area contributed by atoms with E-state index in [0.717, 1.165) is 5.82 Å². The zero-order valence-corrected chi connectivity index (χ0v) is 8.48. The van der Waals surface area contributed by atoms with E-state index >= 15 is 0 Å². The maximum Gasteiger partial charge on any atom is 0.142 e. The molecule has 1 unspecified atom stereocenters. The Hall–Kier alpha value is -1.60. The third-order valence-corrected chi connectivity index (χ3v) is 2.64. The maximum atomic E-state index is 8.71. The Kier molecular flexibility index (Phi) is 2.84. The fourth-order valence-electron chi connectivity index (χ4n) is 1.64. The number of pyridine rings is 1. The van der Waals surface area contributed by atoms with Crippen LogP contribution in [-0.2, 0) is 0 Å². The van der Waals surface area contributed by atoms with Crippen LogP contribution in [0.4, 0.5) is 5.82 Å². The Morgan fingerprint density at radius 2 is 2.40 bits per heavy atom. The Labute approximate surface area is 89.1 Å². The van der Waals surface area contributed by atoms with Gasteiger partial charge in [0, 0.05) is 12.6 Å². The number of nitrogens with one attached hydrogen (secondary N) is 1. The van der Waals surface area contributed by atoms with Crippen LogP contribution < -0.4 is 11.1 Å². The van der Waals surface area contributed by atoms with Gasteiger partial charge in [0.25, 0.3) is 0 Å². The maximum absolute atomic E-state index is 8.71. The van der Waals surface area contributed by atoms with Gasteiger partial charge in [-0.2, -0.15) is 5.26 Å². The van der Waals surface area contributed by atoms with Crippen molar-refractivity contribution in [2.24, 2.45) is 11.7 Å². The van der Waals surface area contributed by atoms with Gasteiger partial charge in [0.05, 0.1) is 0 Å². The molecule has 1 fully saturated rings. The lowest BCUT2D eigenvalue weighted by atomic mass is 10.2. The fraction of sp³-hybridized carbons (Fsp3) is 0.455. The van der Waals surface area contributed by atoms with Gasteiger partial charge in [0.15, 0.2) is 0 Å². The zero-order chi connectivity index (χ0) is 10.7. The molecule has 1 heterocycles. The van der Waals surface area contributed by atoms with Gasteiger partial charge in [0.1, 0.15) is 17.6 Å². The van der Waals surface area contributed by atoms with E-state index in [1.807, 2.05) is 18.2 Å². The molecule has 1 aliphatic carbocycles. The molecule has 0 amide bonds. The summed E-state index contributed by atoms with van der Waals surface area (Å²) in [5.41, 5.74) is 6.11. The number of hydrogen-bond donors (Lipinski definition) is 2. The molecule has 4 heteroatoms. The lowest BCUT2D eigenvalue weighted by molar-refractivity contribution is 0.642. The highest BCUT2D eigenvalue weighted by Crippen LogP contribution is 2.33. The number of aromatic nitrogens is 1.